The molecular formula is C22H20ClNO4. The Kier molecular flexibility index (Phi) is 4.35. The van der Waals surface area contributed by atoms with Gasteiger partial charge in [-0.05, 0) is 35.7 Å². The van der Waals surface area contributed by atoms with E-state index in [0.29, 0.717) is 0 Å². The fraction of sp³-hybridized carbons (Fsp3) is 0.227. The monoisotopic (exact) mass is 397 g/mol. The van der Waals surface area contributed by atoms with Crippen LogP contribution >= 0.6 is 0 Å². The van der Waals surface area contributed by atoms with Gasteiger partial charge in [0, 0.05) is 12.3 Å². The Bertz CT molecular complexity index is 1250. The molecule has 3 aromatic carbocycles. The molecule has 0 fully saturated rings. The van der Waals surface area contributed by atoms with Gasteiger partial charge in [-0.25, -0.2) is 0 Å². The molecule has 0 atom stereocenters. The van der Waals surface area contributed by atoms with Gasteiger partial charge in [-0.3, -0.25) is 0 Å². The maximum Gasteiger partial charge on any atom is 0.231 e. The molecule has 1 aliphatic heterocycles. The van der Waals surface area contributed by atoms with Crippen LogP contribution in [-0.2, 0) is 7.05 Å². The van der Waals surface area contributed by atoms with E-state index < -0.39 is 0 Å². The maximum absolute atomic E-state index is 5.61. The maximum atomic E-state index is 5.61. The summed E-state index contributed by atoms with van der Waals surface area (Å²) in [7, 11) is 5.42. The van der Waals surface area contributed by atoms with Crippen LogP contribution in [0.3, 0.4) is 0 Å². The van der Waals surface area contributed by atoms with Crippen molar-refractivity contribution in [2.45, 2.75) is 6.92 Å². The molecule has 4 aromatic rings. The average molecular weight is 398 g/mol. The van der Waals surface area contributed by atoms with Crippen LogP contribution in [0, 0.1) is 6.92 Å². The molecule has 1 aliphatic rings. The van der Waals surface area contributed by atoms with Gasteiger partial charge in [-0.15, -0.1) is 0 Å². The summed E-state index contributed by atoms with van der Waals surface area (Å²) >= 11 is 0. The molecule has 28 heavy (non-hydrogen) atoms. The molecule has 0 radical (unpaired) electrons. The molecule has 0 unspecified atom stereocenters. The molecule has 2 heterocycles. The van der Waals surface area contributed by atoms with Gasteiger partial charge in [-0.1, -0.05) is 6.07 Å². The standard InChI is InChI=1S/C22H20NO4.ClH/c1-12-15-8-18(24-3)19(25-4)10-17(15)14-6-5-13-7-20-21(27-11-26-20)9-16(13)22(14)23(12)2;/h5-10H,11H2,1-4H3;1H/q+1;/p-1. The van der Waals surface area contributed by atoms with Crippen LogP contribution in [0.2, 0.25) is 0 Å². The summed E-state index contributed by atoms with van der Waals surface area (Å²) in [6, 6.07) is 12.5. The van der Waals surface area contributed by atoms with Gasteiger partial charge in [0.15, 0.2) is 28.7 Å². The van der Waals surface area contributed by atoms with Crippen molar-refractivity contribution in [2.24, 2.45) is 7.05 Å². The quantitative estimate of drug-likeness (QED) is 0.374. The molecular weight excluding hydrogens is 378 g/mol. The van der Waals surface area contributed by atoms with E-state index in [4.69, 9.17) is 18.9 Å². The van der Waals surface area contributed by atoms with Crippen LogP contribution in [0.1, 0.15) is 5.69 Å². The first-order valence-electron chi connectivity index (χ1n) is 8.82. The van der Waals surface area contributed by atoms with E-state index in [1.165, 1.54) is 0 Å². The number of hydrogen-bond acceptors (Lipinski definition) is 4. The zero-order chi connectivity index (χ0) is 18.7. The third kappa shape index (κ3) is 2.43. The van der Waals surface area contributed by atoms with Gasteiger partial charge >= 0.3 is 0 Å². The third-order valence-corrected chi connectivity index (χ3v) is 5.53. The van der Waals surface area contributed by atoms with Crippen molar-refractivity contribution >= 4 is 32.4 Å². The smallest absolute Gasteiger partial charge is 0.231 e. The lowest BCUT2D eigenvalue weighted by atomic mass is 9.98. The first kappa shape index (κ1) is 18.4. The van der Waals surface area contributed by atoms with Crippen molar-refractivity contribution in [3.05, 3.63) is 42.1 Å². The second kappa shape index (κ2) is 6.60. The predicted molar refractivity (Wildman–Crippen MR) is 104 cm³/mol. The summed E-state index contributed by atoms with van der Waals surface area (Å²) in [4.78, 5) is 0. The second-order valence-electron chi connectivity index (χ2n) is 6.79. The van der Waals surface area contributed by atoms with Gasteiger partial charge < -0.3 is 31.4 Å². The highest BCUT2D eigenvalue weighted by Crippen LogP contribution is 2.41. The Morgan fingerprint density at radius 2 is 1.46 bits per heavy atom. The van der Waals surface area contributed by atoms with Crippen molar-refractivity contribution in [1.29, 1.82) is 0 Å². The Morgan fingerprint density at radius 1 is 0.821 bits per heavy atom. The summed E-state index contributed by atoms with van der Waals surface area (Å²) in [5.74, 6) is 3.05. The largest absolute Gasteiger partial charge is 1.00 e. The van der Waals surface area contributed by atoms with Gasteiger partial charge in [-0.2, -0.15) is 4.57 Å². The lowest BCUT2D eigenvalue weighted by molar-refractivity contribution is -0.649. The van der Waals surface area contributed by atoms with Crippen molar-refractivity contribution in [1.82, 2.24) is 0 Å². The van der Waals surface area contributed by atoms with Gasteiger partial charge in [0.2, 0.25) is 12.3 Å². The SMILES string of the molecule is COc1cc2c(C)[n+](C)c3c4cc5c(cc4ccc3c2cc1OC)OCO5.[Cl-]. The Hall–Kier alpha value is -2.92. The third-order valence-electron chi connectivity index (χ3n) is 5.53. The van der Waals surface area contributed by atoms with Crippen LogP contribution in [0.25, 0.3) is 32.4 Å². The minimum atomic E-state index is 0. The second-order valence-corrected chi connectivity index (χ2v) is 6.79. The highest BCUT2D eigenvalue weighted by atomic mass is 35.5. The summed E-state index contributed by atoms with van der Waals surface area (Å²) in [5.41, 5.74) is 2.31. The highest BCUT2D eigenvalue weighted by Gasteiger charge is 2.23. The van der Waals surface area contributed by atoms with E-state index >= 15 is 0 Å². The van der Waals surface area contributed by atoms with Crippen LogP contribution in [-0.4, -0.2) is 21.0 Å². The van der Waals surface area contributed by atoms with E-state index in [-0.39, 0.29) is 19.2 Å². The van der Waals surface area contributed by atoms with Crippen LogP contribution < -0.4 is 35.9 Å². The molecule has 0 bridgehead atoms. The summed E-state index contributed by atoms with van der Waals surface area (Å²) in [6.45, 7) is 2.40. The molecule has 5 nitrogen and oxygen atoms in total. The number of hydrogen-bond donors (Lipinski definition) is 0. The summed E-state index contributed by atoms with van der Waals surface area (Å²) < 4.78 is 24.4. The average Bonchev–Trinajstić information content (AvgIpc) is 3.15. The van der Waals surface area contributed by atoms with Crippen molar-refractivity contribution in [3.63, 3.8) is 0 Å². The topological polar surface area (TPSA) is 40.8 Å². The van der Waals surface area contributed by atoms with Crippen molar-refractivity contribution < 1.29 is 35.9 Å². The summed E-state index contributed by atoms with van der Waals surface area (Å²) in [6.07, 6.45) is 0. The van der Waals surface area contributed by atoms with E-state index in [9.17, 15) is 0 Å². The minimum absolute atomic E-state index is 0. The molecule has 0 spiro atoms. The number of rotatable bonds is 2. The molecule has 0 aliphatic carbocycles. The number of ether oxygens (including phenoxy) is 4. The number of benzene rings is 3. The molecule has 0 amide bonds. The van der Waals surface area contributed by atoms with E-state index in [1.54, 1.807) is 14.2 Å². The number of halogens is 1. The number of aromatic nitrogens is 1. The van der Waals surface area contributed by atoms with E-state index in [0.717, 1.165) is 61.1 Å². The predicted octanol–water partition coefficient (Wildman–Crippen LogP) is 1.03. The minimum Gasteiger partial charge on any atom is -1.00 e. The zero-order valence-corrected chi connectivity index (χ0v) is 16.9. The van der Waals surface area contributed by atoms with Crippen molar-refractivity contribution in [2.75, 3.05) is 21.0 Å². The number of nitrogens with zero attached hydrogens (tertiary/aromatic N) is 1. The molecule has 0 saturated carbocycles. The zero-order valence-electron chi connectivity index (χ0n) is 16.1. The van der Waals surface area contributed by atoms with Gasteiger partial charge in [0.25, 0.3) is 0 Å². The molecule has 5 rings (SSSR count). The lowest BCUT2D eigenvalue weighted by Gasteiger charge is -2.13. The normalized spacial score (nSPS) is 12.4. The lowest BCUT2D eigenvalue weighted by Crippen LogP contribution is -3.00. The molecule has 6 heteroatoms. The fourth-order valence-corrected chi connectivity index (χ4v) is 4.03. The Morgan fingerprint density at radius 3 is 2.14 bits per heavy atom. The van der Waals surface area contributed by atoms with Crippen molar-refractivity contribution in [3.8, 4) is 23.0 Å². The molecule has 144 valence electrons. The Labute approximate surface area is 168 Å². The Balaban J connectivity index is 0.00000192. The van der Waals surface area contributed by atoms with Crippen LogP contribution in [0.15, 0.2) is 36.4 Å². The van der Waals surface area contributed by atoms with Gasteiger partial charge in [0.1, 0.15) is 7.05 Å². The highest BCUT2D eigenvalue weighted by molar-refractivity contribution is 6.15. The number of fused-ring (bicyclic) bond motifs is 6. The summed E-state index contributed by atoms with van der Waals surface area (Å²) in [5, 5.41) is 5.70. The van der Waals surface area contributed by atoms with Crippen LogP contribution in [0.4, 0.5) is 0 Å². The van der Waals surface area contributed by atoms with E-state index in [1.807, 2.05) is 12.1 Å². The first-order valence-corrected chi connectivity index (χ1v) is 8.82. The van der Waals surface area contributed by atoms with E-state index in [2.05, 4.69) is 42.8 Å². The number of aryl methyl sites for hydroxylation is 2. The number of pyridine rings is 1. The molecule has 1 aromatic heterocycles. The van der Waals surface area contributed by atoms with Crippen LogP contribution in [0.5, 0.6) is 23.0 Å². The molecule has 0 N–H and O–H groups in total. The molecule has 0 saturated heterocycles. The van der Waals surface area contributed by atoms with Gasteiger partial charge in [0.05, 0.1) is 30.4 Å². The number of methoxy groups -OCH3 is 2. The first-order chi connectivity index (χ1) is 13.1. The fourth-order valence-electron chi connectivity index (χ4n) is 4.03.